The third-order valence-corrected chi connectivity index (χ3v) is 4.73. The van der Waals surface area contributed by atoms with E-state index in [2.05, 4.69) is 75.4 Å². The summed E-state index contributed by atoms with van der Waals surface area (Å²) in [4.78, 5) is 4.73. The maximum atomic E-state index is 4.73. The van der Waals surface area contributed by atoms with Crippen LogP contribution in [-0.2, 0) is 5.41 Å². The molecule has 0 saturated heterocycles. The van der Waals surface area contributed by atoms with Gasteiger partial charge in [0.25, 0.3) is 0 Å². The van der Waals surface area contributed by atoms with Gasteiger partial charge in [-0.3, -0.25) is 4.98 Å². The molecule has 2 aromatic carbocycles. The van der Waals surface area contributed by atoms with Crippen LogP contribution in [0.1, 0.15) is 30.5 Å². The van der Waals surface area contributed by atoms with Crippen molar-refractivity contribution in [3.05, 3.63) is 77.5 Å². The van der Waals surface area contributed by atoms with Crippen LogP contribution in [0.4, 0.5) is 0 Å². The molecule has 1 heteroatoms. The highest BCUT2D eigenvalue weighted by molar-refractivity contribution is 5.86. The van der Waals surface area contributed by atoms with Gasteiger partial charge in [0, 0.05) is 17.2 Å². The zero-order valence-corrected chi connectivity index (χ0v) is 13.2. The molecule has 0 atom stereocenters. The number of pyridine rings is 1. The Morgan fingerprint density at radius 3 is 2.36 bits per heavy atom. The van der Waals surface area contributed by atoms with Gasteiger partial charge in [-0.25, -0.2) is 0 Å². The Kier molecular flexibility index (Phi) is 2.74. The van der Waals surface area contributed by atoms with Crippen molar-refractivity contribution in [3.63, 3.8) is 0 Å². The van der Waals surface area contributed by atoms with E-state index < -0.39 is 0 Å². The highest BCUT2D eigenvalue weighted by atomic mass is 14.7. The zero-order chi connectivity index (χ0) is 15.3. The predicted octanol–water partition coefficient (Wildman–Crippen LogP) is 5.36. The Balaban J connectivity index is 2.05. The van der Waals surface area contributed by atoms with Crippen LogP contribution in [0, 0.1) is 6.92 Å². The van der Waals surface area contributed by atoms with E-state index in [1.54, 1.807) is 0 Å². The van der Waals surface area contributed by atoms with Crippen LogP contribution in [0.3, 0.4) is 0 Å². The van der Waals surface area contributed by atoms with Gasteiger partial charge in [-0.2, -0.15) is 0 Å². The van der Waals surface area contributed by atoms with Crippen molar-refractivity contribution in [2.45, 2.75) is 26.2 Å². The van der Waals surface area contributed by atoms with Gasteiger partial charge >= 0.3 is 0 Å². The van der Waals surface area contributed by atoms with Gasteiger partial charge in [0.1, 0.15) is 0 Å². The normalized spacial score (nSPS) is 14.5. The number of fused-ring (bicyclic) bond motifs is 3. The molecule has 0 bridgehead atoms. The summed E-state index contributed by atoms with van der Waals surface area (Å²) >= 11 is 0. The summed E-state index contributed by atoms with van der Waals surface area (Å²) in [6.07, 6.45) is 1.97. The number of aromatic nitrogens is 1. The topological polar surface area (TPSA) is 12.9 Å². The lowest BCUT2D eigenvalue weighted by atomic mass is 9.79. The number of hydrogen-bond donors (Lipinski definition) is 0. The lowest BCUT2D eigenvalue weighted by Gasteiger charge is -2.24. The molecule has 0 aliphatic heterocycles. The predicted molar refractivity (Wildman–Crippen MR) is 92.0 cm³/mol. The Morgan fingerprint density at radius 2 is 1.59 bits per heavy atom. The molecule has 1 heterocycles. The molecule has 0 radical (unpaired) electrons. The largest absolute Gasteiger partial charge is 0.256 e. The summed E-state index contributed by atoms with van der Waals surface area (Å²) < 4.78 is 0. The standard InChI is InChI=1S/C21H19N/c1-14-12-18-20(22-13-14)17-11-7-10-16(19(17)21(18,2)3)15-8-5-4-6-9-15/h4-13H,1-3H3. The molecule has 1 aliphatic rings. The summed E-state index contributed by atoms with van der Waals surface area (Å²) in [5.41, 5.74) is 8.96. The van der Waals surface area contributed by atoms with E-state index in [-0.39, 0.29) is 5.41 Å². The summed E-state index contributed by atoms with van der Waals surface area (Å²) in [5.74, 6) is 0. The van der Waals surface area contributed by atoms with Crippen molar-refractivity contribution in [2.24, 2.45) is 0 Å². The van der Waals surface area contributed by atoms with Crippen LogP contribution in [0.15, 0.2) is 60.8 Å². The summed E-state index contributed by atoms with van der Waals surface area (Å²) in [6.45, 7) is 6.74. The van der Waals surface area contributed by atoms with E-state index in [1.807, 2.05) is 6.20 Å². The molecule has 0 spiro atoms. The smallest absolute Gasteiger partial charge is 0.0746 e. The highest BCUT2D eigenvalue weighted by Crippen LogP contribution is 2.51. The Bertz CT molecular complexity index is 860. The van der Waals surface area contributed by atoms with Gasteiger partial charge in [0.15, 0.2) is 0 Å². The van der Waals surface area contributed by atoms with Gasteiger partial charge < -0.3 is 0 Å². The molecule has 4 rings (SSSR count). The fourth-order valence-electron chi connectivity index (χ4n) is 3.68. The monoisotopic (exact) mass is 285 g/mol. The van der Waals surface area contributed by atoms with Crippen LogP contribution in [0.5, 0.6) is 0 Å². The van der Waals surface area contributed by atoms with E-state index in [9.17, 15) is 0 Å². The molecule has 0 saturated carbocycles. The molecule has 0 unspecified atom stereocenters. The van der Waals surface area contributed by atoms with E-state index in [4.69, 9.17) is 4.98 Å². The number of nitrogens with zero attached hydrogens (tertiary/aromatic N) is 1. The fraction of sp³-hybridized carbons (Fsp3) is 0.190. The summed E-state index contributed by atoms with van der Waals surface area (Å²) in [5, 5.41) is 0. The van der Waals surface area contributed by atoms with Gasteiger partial charge in [-0.05, 0) is 34.7 Å². The second-order valence-electron chi connectivity index (χ2n) is 6.63. The second kappa shape index (κ2) is 4.54. The molecule has 1 aliphatic carbocycles. The van der Waals surface area contributed by atoms with Crippen molar-refractivity contribution >= 4 is 0 Å². The average molecular weight is 285 g/mol. The second-order valence-corrected chi connectivity index (χ2v) is 6.63. The molecule has 3 aromatic rings. The third-order valence-electron chi connectivity index (χ3n) is 4.73. The zero-order valence-electron chi connectivity index (χ0n) is 13.2. The molecule has 0 N–H and O–H groups in total. The first-order chi connectivity index (χ1) is 10.6. The maximum Gasteiger partial charge on any atom is 0.0746 e. The first-order valence-corrected chi connectivity index (χ1v) is 7.75. The summed E-state index contributed by atoms with van der Waals surface area (Å²) in [6, 6.07) is 19.5. The molecule has 1 aromatic heterocycles. The van der Waals surface area contributed by atoms with E-state index in [1.165, 1.54) is 33.4 Å². The number of benzene rings is 2. The van der Waals surface area contributed by atoms with Crippen molar-refractivity contribution in [2.75, 3.05) is 0 Å². The number of hydrogen-bond acceptors (Lipinski definition) is 1. The van der Waals surface area contributed by atoms with E-state index in [0.29, 0.717) is 0 Å². The lowest BCUT2D eigenvalue weighted by Crippen LogP contribution is -2.16. The lowest BCUT2D eigenvalue weighted by molar-refractivity contribution is 0.660. The van der Waals surface area contributed by atoms with Crippen LogP contribution in [-0.4, -0.2) is 4.98 Å². The van der Waals surface area contributed by atoms with Crippen molar-refractivity contribution in [1.29, 1.82) is 0 Å². The molecule has 0 amide bonds. The Morgan fingerprint density at radius 1 is 0.864 bits per heavy atom. The van der Waals surface area contributed by atoms with E-state index in [0.717, 1.165) is 5.69 Å². The van der Waals surface area contributed by atoms with Crippen LogP contribution >= 0.6 is 0 Å². The van der Waals surface area contributed by atoms with Crippen molar-refractivity contribution in [3.8, 4) is 22.4 Å². The Hall–Kier alpha value is -2.41. The molecule has 22 heavy (non-hydrogen) atoms. The van der Waals surface area contributed by atoms with Crippen LogP contribution in [0.2, 0.25) is 0 Å². The molecule has 1 nitrogen and oxygen atoms in total. The minimum absolute atomic E-state index is 0.0177. The average Bonchev–Trinajstić information content (AvgIpc) is 2.76. The third kappa shape index (κ3) is 1.75. The van der Waals surface area contributed by atoms with Crippen molar-refractivity contribution < 1.29 is 0 Å². The van der Waals surface area contributed by atoms with Crippen LogP contribution < -0.4 is 0 Å². The quantitative estimate of drug-likeness (QED) is 0.586. The first kappa shape index (κ1) is 13.3. The molecule has 108 valence electrons. The highest BCUT2D eigenvalue weighted by Gasteiger charge is 2.38. The van der Waals surface area contributed by atoms with Crippen LogP contribution in [0.25, 0.3) is 22.4 Å². The first-order valence-electron chi connectivity index (χ1n) is 7.75. The van der Waals surface area contributed by atoms with Crippen molar-refractivity contribution in [1.82, 2.24) is 4.98 Å². The fourth-order valence-corrected chi connectivity index (χ4v) is 3.68. The van der Waals surface area contributed by atoms with Gasteiger partial charge in [0.2, 0.25) is 0 Å². The number of rotatable bonds is 1. The number of aryl methyl sites for hydroxylation is 1. The van der Waals surface area contributed by atoms with Gasteiger partial charge in [-0.1, -0.05) is 68.4 Å². The maximum absolute atomic E-state index is 4.73. The van der Waals surface area contributed by atoms with Gasteiger partial charge in [0.05, 0.1) is 5.69 Å². The van der Waals surface area contributed by atoms with Gasteiger partial charge in [-0.15, -0.1) is 0 Å². The molecular formula is C21H19N. The SMILES string of the molecule is Cc1cnc2c(c1)C(C)(C)c1c(-c3ccccc3)cccc1-2. The van der Waals surface area contributed by atoms with E-state index >= 15 is 0 Å². The summed E-state index contributed by atoms with van der Waals surface area (Å²) in [7, 11) is 0. The minimum atomic E-state index is -0.0177. The molecular weight excluding hydrogens is 266 g/mol. The Labute approximate surface area is 131 Å². The molecule has 0 fully saturated rings. The minimum Gasteiger partial charge on any atom is -0.256 e.